The summed E-state index contributed by atoms with van der Waals surface area (Å²) in [7, 11) is 0. The molecule has 0 amide bonds. The highest BCUT2D eigenvalue weighted by Gasteiger charge is 2.41. The smallest absolute Gasteiger partial charge is 0.326 e. The van der Waals surface area contributed by atoms with Gasteiger partial charge in [0.25, 0.3) is 0 Å². The number of benzene rings is 2. The second-order valence-corrected chi connectivity index (χ2v) is 6.30. The molecule has 1 heterocycles. The molecule has 24 heavy (non-hydrogen) atoms. The first-order valence-corrected chi connectivity index (χ1v) is 8.19. The minimum absolute atomic E-state index is 0.0836. The maximum Gasteiger partial charge on any atom is 0.326 e. The lowest BCUT2D eigenvalue weighted by Crippen LogP contribution is -2.42. The van der Waals surface area contributed by atoms with E-state index in [0.29, 0.717) is 6.61 Å². The van der Waals surface area contributed by atoms with Crippen LogP contribution >= 0.6 is 0 Å². The van der Waals surface area contributed by atoms with Gasteiger partial charge in [-0.05, 0) is 24.1 Å². The van der Waals surface area contributed by atoms with E-state index in [0.717, 1.165) is 23.4 Å². The third kappa shape index (κ3) is 2.54. The summed E-state index contributed by atoms with van der Waals surface area (Å²) in [6.45, 7) is 0.410. The van der Waals surface area contributed by atoms with Gasteiger partial charge in [-0.2, -0.15) is 0 Å². The first-order chi connectivity index (χ1) is 11.7. The number of anilines is 1. The molecule has 122 valence electrons. The molecule has 0 saturated carbocycles. The molecule has 0 spiro atoms. The minimum atomic E-state index is -0.793. The Morgan fingerprint density at radius 3 is 2.79 bits per heavy atom. The van der Waals surface area contributed by atoms with Crippen LogP contribution in [0.25, 0.3) is 0 Å². The lowest BCUT2D eigenvalue weighted by Gasteiger charge is -2.35. The van der Waals surface area contributed by atoms with Crippen molar-refractivity contribution >= 4 is 11.7 Å². The van der Waals surface area contributed by atoms with Crippen molar-refractivity contribution < 1.29 is 14.6 Å². The monoisotopic (exact) mass is 321 g/mol. The summed E-state index contributed by atoms with van der Waals surface area (Å²) in [4.78, 5) is 11.7. The molecule has 0 radical (unpaired) electrons. The highest BCUT2D eigenvalue weighted by molar-refractivity contribution is 5.81. The van der Waals surface area contributed by atoms with Gasteiger partial charge in [0.05, 0.1) is 0 Å². The van der Waals surface area contributed by atoms with Gasteiger partial charge in [-0.1, -0.05) is 48.6 Å². The quantitative estimate of drug-likeness (QED) is 0.841. The zero-order chi connectivity index (χ0) is 16.5. The van der Waals surface area contributed by atoms with E-state index in [2.05, 4.69) is 23.5 Å². The lowest BCUT2D eigenvalue weighted by atomic mass is 9.78. The fourth-order valence-electron chi connectivity index (χ4n) is 3.73. The highest BCUT2D eigenvalue weighted by atomic mass is 16.5. The number of nitrogens with one attached hydrogen (secondary N) is 1. The molecule has 2 N–H and O–H groups in total. The number of carboxylic acid groups (broad SMARTS) is 1. The van der Waals surface area contributed by atoms with Crippen LogP contribution in [0, 0.1) is 5.92 Å². The van der Waals surface area contributed by atoms with Crippen LogP contribution in [0.1, 0.15) is 23.5 Å². The van der Waals surface area contributed by atoms with Crippen LogP contribution in [0.4, 0.5) is 5.69 Å². The molecule has 0 fully saturated rings. The minimum Gasteiger partial charge on any atom is -0.489 e. The average molecular weight is 321 g/mol. The molecule has 0 saturated heterocycles. The maximum absolute atomic E-state index is 11.7. The Morgan fingerprint density at radius 1 is 1.17 bits per heavy atom. The Bertz CT molecular complexity index is 785. The number of aliphatic carboxylic acids is 1. The zero-order valence-electron chi connectivity index (χ0n) is 13.2. The van der Waals surface area contributed by atoms with Gasteiger partial charge < -0.3 is 15.2 Å². The average Bonchev–Trinajstić information content (AvgIpc) is 3.10. The van der Waals surface area contributed by atoms with Crippen LogP contribution in [0.3, 0.4) is 0 Å². The van der Waals surface area contributed by atoms with E-state index in [1.165, 1.54) is 5.56 Å². The van der Waals surface area contributed by atoms with Crippen LogP contribution in [0.5, 0.6) is 5.75 Å². The number of fused-ring (bicyclic) bond motifs is 3. The summed E-state index contributed by atoms with van der Waals surface area (Å²) in [5, 5.41) is 12.8. The Kier molecular flexibility index (Phi) is 3.73. The first-order valence-electron chi connectivity index (χ1n) is 8.19. The Morgan fingerprint density at radius 2 is 2.00 bits per heavy atom. The van der Waals surface area contributed by atoms with Crippen LogP contribution in [-0.4, -0.2) is 17.1 Å². The molecule has 4 nitrogen and oxygen atoms in total. The van der Waals surface area contributed by atoms with Gasteiger partial charge in [-0.25, -0.2) is 4.79 Å². The molecule has 4 rings (SSSR count). The third-order valence-corrected chi connectivity index (χ3v) is 4.89. The van der Waals surface area contributed by atoms with E-state index in [1.54, 1.807) is 0 Å². The van der Waals surface area contributed by atoms with Gasteiger partial charge in [0.2, 0.25) is 0 Å². The highest BCUT2D eigenvalue weighted by Crippen LogP contribution is 2.45. The Hall–Kier alpha value is -2.75. The Labute approximate surface area is 140 Å². The lowest BCUT2D eigenvalue weighted by molar-refractivity contribution is -0.139. The molecule has 2 aliphatic rings. The van der Waals surface area contributed by atoms with E-state index >= 15 is 0 Å². The van der Waals surface area contributed by atoms with E-state index in [-0.39, 0.29) is 11.8 Å². The molecule has 1 aliphatic heterocycles. The van der Waals surface area contributed by atoms with Gasteiger partial charge in [-0.15, -0.1) is 0 Å². The maximum atomic E-state index is 11.7. The summed E-state index contributed by atoms with van der Waals surface area (Å²) in [6.07, 6.45) is 5.04. The first kappa shape index (κ1) is 14.8. The van der Waals surface area contributed by atoms with E-state index in [1.807, 2.05) is 42.5 Å². The molecule has 2 aromatic carbocycles. The van der Waals surface area contributed by atoms with Gasteiger partial charge >= 0.3 is 5.97 Å². The topological polar surface area (TPSA) is 58.6 Å². The van der Waals surface area contributed by atoms with Crippen molar-refractivity contribution in [3.63, 3.8) is 0 Å². The molecular weight excluding hydrogens is 302 g/mol. The molecule has 0 bridgehead atoms. The number of hydrogen-bond acceptors (Lipinski definition) is 3. The fraction of sp³-hybridized carbons (Fsp3) is 0.250. The number of allylic oxidation sites excluding steroid dienone is 2. The second-order valence-electron chi connectivity index (χ2n) is 6.30. The van der Waals surface area contributed by atoms with E-state index < -0.39 is 12.0 Å². The molecule has 1 aliphatic carbocycles. The number of hydrogen-bond donors (Lipinski definition) is 2. The summed E-state index contributed by atoms with van der Waals surface area (Å²) < 4.78 is 5.86. The van der Waals surface area contributed by atoms with Gasteiger partial charge in [0.15, 0.2) is 0 Å². The van der Waals surface area contributed by atoms with Crippen molar-refractivity contribution in [3.05, 3.63) is 71.8 Å². The summed E-state index contributed by atoms with van der Waals surface area (Å²) in [5.74, 6) is 0.261. The van der Waals surface area contributed by atoms with Crippen molar-refractivity contribution in [2.75, 3.05) is 5.32 Å². The Balaban J connectivity index is 1.65. The van der Waals surface area contributed by atoms with Crippen molar-refractivity contribution in [1.29, 1.82) is 0 Å². The zero-order valence-corrected chi connectivity index (χ0v) is 13.2. The molecular formula is C20H19NO3. The number of ether oxygens (including phenoxy) is 1. The van der Waals surface area contributed by atoms with Crippen molar-refractivity contribution in [2.24, 2.45) is 5.92 Å². The normalized spacial score (nSPS) is 23.9. The van der Waals surface area contributed by atoms with Crippen LogP contribution < -0.4 is 10.1 Å². The summed E-state index contributed by atoms with van der Waals surface area (Å²) >= 11 is 0. The van der Waals surface area contributed by atoms with Crippen LogP contribution in [0.15, 0.2) is 60.7 Å². The molecule has 3 atom stereocenters. The molecule has 3 unspecified atom stereocenters. The third-order valence-electron chi connectivity index (χ3n) is 4.89. The summed E-state index contributed by atoms with van der Waals surface area (Å²) in [6, 6.07) is 15.2. The van der Waals surface area contributed by atoms with E-state index in [4.69, 9.17) is 4.74 Å². The van der Waals surface area contributed by atoms with Crippen molar-refractivity contribution in [1.82, 2.24) is 0 Å². The van der Waals surface area contributed by atoms with Crippen LogP contribution in [-0.2, 0) is 11.4 Å². The van der Waals surface area contributed by atoms with Gasteiger partial charge in [0, 0.05) is 23.1 Å². The fourth-order valence-corrected chi connectivity index (χ4v) is 3.73. The van der Waals surface area contributed by atoms with Gasteiger partial charge in [0.1, 0.15) is 18.4 Å². The number of carboxylic acids is 1. The molecule has 0 aromatic heterocycles. The standard InChI is InChI=1S/C20H19NO3/c22-20(23)19-17-11-5-9-15(17)16-10-4-6-13(18(16)21-19)12-24-14-7-2-1-3-8-14/h1-10,15,17,19,21H,11-12H2,(H,22,23). The SMILES string of the molecule is O=C(O)C1Nc2c(COc3ccccc3)cccc2C2C=CCC12. The predicted molar refractivity (Wildman–Crippen MR) is 92.3 cm³/mol. The molecule has 4 heteroatoms. The van der Waals surface area contributed by atoms with E-state index in [9.17, 15) is 9.90 Å². The van der Waals surface area contributed by atoms with Crippen LogP contribution in [0.2, 0.25) is 0 Å². The summed E-state index contributed by atoms with van der Waals surface area (Å²) in [5.41, 5.74) is 3.07. The molecule has 2 aromatic rings. The van der Waals surface area contributed by atoms with Gasteiger partial charge in [-0.3, -0.25) is 0 Å². The largest absolute Gasteiger partial charge is 0.489 e. The van der Waals surface area contributed by atoms with Crippen molar-refractivity contribution in [2.45, 2.75) is 25.0 Å². The number of rotatable bonds is 4. The van der Waals surface area contributed by atoms with Crippen molar-refractivity contribution in [3.8, 4) is 5.75 Å². The number of carbonyl (C=O) groups is 1. The second kappa shape index (κ2) is 6.04. The number of para-hydroxylation sites is 2. The predicted octanol–water partition coefficient (Wildman–Crippen LogP) is 3.80.